The molecule has 116 valence electrons. The largest absolute Gasteiger partial charge is 0.342 e. The number of carbonyl (C=O) groups is 1. The predicted molar refractivity (Wildman–Crippen MR) is 90.1 cm³/mol. The van der Waals surface area contributed by atoms with E-state index in [4.69, 9.17) is 4.98 Å². The number of amides is 1. The molecular weight excluding hydrogens is 292 g/mol. The summed E-state index contributed by atoms with van der Waals surface area (Å²) in [5.41, 5.74) is 1.10. The van der Waals surface area contributed by atoms with Crippen LogP contribution >= 0.6 is 11.3 Å². The minimum absolute atomic E-state index is 0.300. The van der Waals surface area contributed by atoms with E-state index < -0.39 is 0 Å². The SMILES string of the molecule is O=C(C1CCCC1)N1CCC[C@H](c2nc3ccccc3s2)C1. The highest BCUT2D eigenvalue weighted by Gasteiger charge is 2.31. The minimum atomic E-state index is 0.300. The van der Waals surface area contributed by atoms with Crippen LogP contribution in [0, 0.1) is 5.92 Å². The Kier molecular flexibility index (Phi) is 3.87. The van der Waals surface area contributed by atoms with Crippen LogP contribution in [0.1, 0.15) is 49.5 Å². The lowest BCUT2D eigenvalue weighted by molar-refractivity contribution is -0.136. The number of fused-ring (bicyclic) bond motifs is 1. The second-order valence-electron chi connectivity index (χ2n) is 6.62. The highest BCUT2D eigenvalue weighted by molar-refractivity contribution is 7.18. The molecule has 0 radical (unpaired) electrons. The summed E-state index contributed by atoms with van der Waals surface area (Å²) in [4.78, 5) is 19.6. The van der Waals surface area contributed by atoms with Crippen molar-refractivity contribution in [1.82, 2.24) is 9.88 Å². The van der Waals surface area contributed by atoms with Gasteiger partial charge in [-0.1, -0.05) is 25.0 Å². The van der Waals surface area contributed by atoms with Gasteiger partial charge in [0.1, 0.15) is 0 Å². The van der Waals surface area contributed by atoms with Gasteiger partial charge in [0.25, 0.3) is 0 Å². The van der Waals surface area contributed by atoms with Gasteiger partial charge in [-0.2, -0.15) is 0 Å². The molecule has 4 heteroatoms. The zero-order valence-electron chi connectivity index (χ0n) is 12.8. The predicted octanol–water partition coefficient (Wildman–Crippen LogP) is 4.19. The average Bonchev–Trinajstić information content (AvgIpc) is 3.23. The fraction of sp³-hybridized carbons (Fsp3) is 0.556. The number of carbonyl (C=O) groups excluding carboxylic acids is 1. The van der Waals surface area contributed by atoms with Crippen LogP contribution < -0.4 is 0 Å². The zero-order chi connectivity index (χ0) is 14.9. The van der Waals surface area contributed by atoms with Crippen LogP contribution in [0.4, 0.5) is 0 Å². The fourth-order valence-electron chi connectivity index (χ4n) is 3.87. The fourth-order valence-corrected chi connectivity index (χ4v) is 4.97. The van der Waals surface area contributed by atoms with Crippen LogP contribution in [0.2, 0.25) is 0 Å². The summed E-state index contributed by atoms with van der Waals surface area (Å²) in [6.45, 7) is 1.81. The Morgan fingerprint density at radius 1 is 1.14 bits per heavy atom. The van der Waals surface area contributed by atoms with E-state index in [0.29, 0.717) is 17.7 Å². The van der Waals surface area contributed by atoms with Crippen molar-refractivity contribution in [3.63, 3.8) is 0 Å². The molecule has 1 aromatic carbocycles. The molecule has 2 fully saturated rings. The van der Waals surface area contributed by atoms with Crippen LogP contribution in [0.3, 0.4) is 0 Å². The Morgan fingerprint density at radius 2 is 1.95 bits per heavy atom. The summed E-state index contributed by atoms with van der Waals surface area (Å²) < 4.78 is 1.26. The lowest BCUT2D eigenvalue weighted by atomic mass is 9.96. The number of benzene rings is 1. The lowest BCUT2D eigenvalue weighted by Crippen LogP contribution is -2.41. The summed E-state index contributed by atoms with van der Waals surface area (Å²) in [5.74, 6) is 1.13. The first-order chi connectivity index (χ1) is 10.8. The molecule has 0 N–H and O–H groups in total. The third-order valence-corrected chi connectivity index (χ3v) is 6.30. The van der Waals surface area contributed by atoms with Gasteiger partial charge >= 0.3 is 0 Å². The summed E-state index contributed by atoms with van der Waals surface area (Å²) in [5, 5.41) is 1.21. The smallest absolute Gasteiger partial charge is 0.225 e. The number of thiazole rings is 1. The van der Waals surface area contributed by atoms with Gasteiger partial charge in [-0.3, -0.25) is 4.79 Å². The van der Waals surface area contributed by atoms with Gasteiger partial charge in [0.15, 0.2) is 0 Å². The molecule has 0 spiro atoms. The first-order valence-corrected chi connectivity index (χ1v) is 9.27. The highest BCUT2D eigenvalue weighted by atomic mass is 32.1. The van der Waals surface area contributed by atoms with Gasteiger partial charge in [-0.05, 0) is 37.8 Å². The maximum Gasteiger partial charge on any atom is 0.225 e. The Morgan fingerprint density at radius 3 is 2.77 bits per heavy atom. The standard InChI is InChI=1S/C18H22N2OS/c21-18(13-6-1-2-7-13)20-11-5-8-14(12-20)17-19-15-9-3-4-10-16(15)22-17/h3-4,9-10,13-14H,1-2,5-8,11-12H2/t14-/m0/s1. The van der Waals surface area contributed by atoms with Crippen LogP contribution in [-0.2, 0) is 4.79 Å². The van der Waals surface area contributed by atoms with Gasteiger partial charge in [0.2, 0.25) is 5.91 Å². The number of hydrogen-bond donors (Lipinski definition) is 0. The Labute approximate surface area is 135 Å². The van der Waals surface area contributed by atoms with E-state index >= 15 is 0 Å². The van der Waals surface area contributed by atoms with Crippen molar-refractivity contribution >= 4 is 27.5 Å². The van der Waals surface area contributed by atoms with E-state index in [0.717, 1.165) is 44.3 Å². The van der Waals surface area contributed by atoms with Crippen LogP contribution in [0.15, 0.2) is 24.3 Å². The number of aromatic nitrogens is 1. The van der Waals surface area contributed by atoms with Crippen LogP contribution in [0.25, 0.3) is 10.2 Å². The molecule has 1 aliphatic carbocycles. The lowest BCUT2D eigenvalue weighted by Gasteiger charge is -2.33. The molecule has 3 nitrogen and oxygen atoms in total. The average molecular weight is 314 g/mol. The topological polar surface area (TPSA) is 33.2 Å². The molecule has 1 aromatic heterocycles. The van der Waals surface area contributed by atoms with E-state index in [1.807, 2.05) is 6.07 Å². The molecule has 2 aromatic rings. The first kappa shape index (κ1) is 14.2. The number of rotatable bonds is 2. The Hall–Kier alpha value is -1.42. The third-order valence-electron chi connectivity index (χ3n) is 5.10. The Bertz CT molecular complexity index is 642. The van der Waals surface area contributed by atoms with Gasteiger partial charge in [0, 0.05) is 24.9 Å². The molecule has 22 heavy (non-hydrogen) atoms. The van der Waals surface area contributed by atoms with Crippen LogP contribution in [-0.4, -0.2) is 28.9 Å². The third kappa shape index (κ3) is 2.65. The normalized spacial score (nSPS) is 23.3. The number of likely N-dealkylation sites (tertiary alicyclic amines) is 1. The minimum Gasteiger partial charge on any atom is -0.342 e. The van der Waals surface area contributed by atoms with Crippen molar-refractivity contribution in [2.24, 2.45) is 5.92 Å². The summed E-state index contributed by atoms with van der Waals surface area (Å²) in [7, 11) is 0. The van der Waals surface area contributed by atoms with Crippen molar-refractivity contribution in [2.75, 3.05) is 13.1 Å². The molecule has 1 aliphatic heterocycles. The zero-order valence-corrected chi connectivity index (χ0v) is 13.6. The quantitative estimate of drug-likeness (QED) is 0.832. The highest BCUT2D eigenvalue weighted by Crippen LogP contribution is 2.34. The van der Waals surface area contributed by atoms with E-state index in [1.54, 1.807) is 11.3 Å². The van der Waals surface area contributed by atoms with Gasteiger partial charge in [-0.25, -0.2) is 4.98 Å². The molecule has 1 amide bonds. The molecule has 0 bridgehead atoms. The molecule has 0 unspecified atom stereocenters. The number of piperidine rings is 1. The second-order valence-corrected chi connectivity index (χ2v) is 7.69. The first-order valence-electron chi connectivity index (χ1n) is 8.45. The molecular formula is C18H22N2OS. The summed E-state index contributed by atoms with van der Waals surface area (Å²) >= 11 is 1.80. The maximum absolute atomic E-state index is 12.7. The summed E-state index contributed by atoms with van der Waals surface area (Å²) in [6, 6.07) is 8.34. The van der Waals surface area contributed by atoms with Crippen molar-refractivity contribution in [2.45, 2.75) is 44.4 Å². The molecule has 2 heterocycles. The van der Waals surface area contributed by atoms with Crippen LogP contribution in [0.5, 0.6) is 0 Å². The van der Waals surface area contributed by atoms with Crippen molar-refractivity contribution in [1.29, 1.82) is 0 Å². The molecule has 1 saturated heterocycles. The van der Waals surface area contributed by atoms with E-state index in [-0.39, 0.29) is 0 Å². The van der Waals surface area contributed by atoms with Gasteiger partial charge < -0.3 is 4.90 Å². The van der Waals surface area contributed by atoms with E-state index in [2.05, 4.69) is 23.1 Å². The number of hydrogen-bond acceptors (Lipinski definition) is 3. The molecule has 1 atom stereocenters. The monoisotopic (exact) mass is 314 g/mol. The maximum atomic E-state index is 12.7. The molecule has 4 rings (SSSR count). The van der Waals surface area contributed by atoms with Gasteiger partial charge in [-0.15, -0.1) is 11.3 Å². The number of para-hydroxylation sites is 1. The number of nitrogens with zero attached hydrogens (tertiary/aromatic N) is 2. The summed E-state index contributed by atoms with van der Waals surface area (Å²) in [6.07, 6.45) is 6.92. The Balaban J connectivity index is 1.51. The second kappa shape index (κ2) is 5.99. The molecule has 2 aliphatic rings. The van der Waals surface area contributed by atoms with Crippen molar-refractivity contribution < 1.29 is 4.79 Å². The van der Waals surface area contributed by atoms with Crippen molar-refractivity contribution in [3.05, 3.63) is 29.3 Å². The van der Waals surface area contributed by atoms with Crippen molar-refractivity contribution in [3.8, 4) is 0 Å². The van der Waals surface area contributed by atoms with E-state index in [9.17, 15) is 4.79 Å². The molecule has 1 saturated carbocycles. The van der Waals surface area contributed by atoms with Gasteiger partial charge in [0.05, 0.1) is 15.2 Å². The van der Waals surface area contributed by atoms with E-state index in [1.165, 1.54) is 22.5 Å².